The van der Waals surface area contributed by atoms with Gasteiger partial charge in [0.05, 0.1) is 5.25 Å². The Morgan fingerprint density at radius 3 is 2.79 bits per heavy atom. The third-order valence-corrected chi connectivity index (χ3v) is 6.74. The molecule has 108 valence electrons. The molecule has 0 saturated heterocycles. The quantitative estimate of drug-likeness (QED) is 0.909. The van der Waals surface area contributed by atoms with Gasteiger partial charge in [0.15, 0.2) is 9.84 Å². The van der Waals surface area contributed by atoms with Crippen molar-refractivity contribution in [3.63, 3.8) is 0 Å². The first kappa shape index (κ1) is 15.0. The molecule has 1 heterocycles. The molecule has 0 unspecified atom stereocenters. The minimum atomic E-state index is -2.94. The molecule has 1 aromatic heterocycles. The van der Waals surface area contributed by atoms with Crippen LogP contribution in [0.25, 0.3) is 0 Å². The molecular formula is C14H23NO2S2. The highest BCUT2D eigenvalue weighted by atomic mass is 32.2. The van der Waals surface area contributed by atoms with Crippen molar-refractivity contribution < 1.29 is 8.42 Å². The SMILES string of the molecule is C[C@H](CN[C@@H]1CCCC[C@H]1S(C)(=O)=O)c1cccs1. The maximum absolute atomic E-state index is 11.8. The zero-order valence-corrected chi connectivity index (χ0v) is 13.3. The van der Waals surface area contributed by atoms with E-state index in [1.54, 1.807) is 11.3 Å². The average molecular weight is 301 g/mol. The summed E-state index contributed by atoms with van der Waals surface area (Å²) >= 11 is 1.77. The molecule has 0 bridgehead atoms. The van der Waals surface area contributed by atoms with E-state index in [9.17, 15) is 8.42 Å². The zero-order chi connectivity index (χ0) is 13.9. The number of hydrogen-bond donors (Lipinski definition) is 1. The van der Waals surface area contributed by atoms with E-state index < -0.39 is 9.84 Å². The summed E-state index contributed by atoms with van der Waals surface area (Å²) in [4.78, 5) is 1.36. The Morgan fingerprint density at radius 2 is 2.16 bits per heavy atom. The molecule has 0 radical (unpaired) electrons. The van der Waals surface area contributed by atoms with Gasteiger partial charge in [-0.05, 0) is 24.3 Å². The van der Waals surface area contributed by atoms with Gasteiger partial charge in [-0.2, -0.15) is 0 Å². The second-order valence-corrected chi connectivity index (χ2v) is 8.83. The molecule has 1 fully saturated rings. The summed E-state index contributed by atoms with van der Waals surface area (Å²) in [5.41, 5.74) is 0. The van der Waals surface area contributed by atoms with E-state index in [1.807, 2.05) is 0 Å². The van der Waals surface area contributed by atoms with E-state index in [2.05, 4.69) is 29.8 Å². The van der Waals surface area contributed by atoms with Crippen LogP contribution in [-0.2, 0) is 9.84 Å². The van der Waals surface area contributed by atoms with Gasteiger partial charge in [0, 0.05) is 29.6 Å². The molecule has 1 aromatic rings. The molecule has 1 N–H and O–H groups in total. The van der Waals surface area contributed by atoms with Crippen molar-refractivity contribution in [1.29, 1.82) is 0 Å². The first-order valence-electron chi connectivity index (χ1n) is 6.94. The number of rotatable bonds is 5. The van der Waals surface area contributed by atoms with Crippen LogP contribution in [0.2, 0.25) is 0 Å². The first-order chi connectivity index (χ1) is 8.98. The topological polar surface area (TPSA) is 46.2 Å². The molecule has 3 nitrogen and oxygen atoms in total. The summed E-state index contributed by atoms with van der Waals surface area (Å²) in [6.07, 6.45) is 5.34. The van der Waals surface area contributed by atoms with Gasteiger partial charge in [-0.15, -0.1) is 11.3 Å². The fourth-order valence-corrected chi connectivity index (χ4v) is 5.05. The molecule has 19 heavy (non-hydrogen) atoms. The van der Waals surface area contributed by atoms with Crippen molar-refractivity contribution in [3.8, 4) is 0 Å². The Hall–Kier alpha value is -0.390. The fraction of sp³-hybridized carbons (Fsp3) is 0.714. The lowest BCUT2D eigenvalue weighted by atomic mass is 9.94. The summed E-state index contributed by atoms with van der Waals surface area (Å²) in [7, 11) is -2.94. The molecule has 0 aromatic carbocycles. The van der Waals surface area contributed by atoms with Gasteiger partial charge in [0.25, 0.3) is 0 Å². The summed E-state index contributed by atoms with van der Waals surface area (Å²) in [5, 5.41) is 5.39. The summed E-state index contributed by atoms with van der Waals surface area (Å²) in [5.74, 6) is 0.446. The van der Waals surface area contributed by atoms with Crippen LogP contribution in [0, 0.1) is 0 Å². The second-order valence-electron chi connectivity index (χ2n) is 5.58. The van der Waals surface area contributed by atoms with Crippen molar-refractivity contribution in [1.82, 2.24) is 5.32 Å². The second kappa shape index (κ2) is 6.37. The summed E-state index contributed by atoms with van der Waals surface area (Å²) in [6, 6.07) is 4.34. The predicted octanol–water partition coefficient (Wildman–Crippen LogP) is 2.80. The third kappa shape index (κ3) is 4.04. The maximum atomic E-state index is 11.8. The summed E-state index contributed by atoms with van der Waals surface area (Å²) in [6.45, 7) is 3.05. The van der Waals surface area contributed by atoms with Gasteiger partial charge in [0.2, 0.25) is 0 Å². The van der Waals surface area contributed by atoms with E-state index in [-0.39, 0.29) is 11.3 Å². The number of thiophene rings is 1. The molecule has 0 spiro atoms. The number of hydrogen-bond acceptors (Lipinski definition) is 4. The Morgan fingerprint density at radius 1 is 1.42 bits per heavy atom. The highest BCUT2D eigenvalue weighted by Crippen LogP contribution is 2.25. The Kier molecular flexibility index (Phi) is 5.03. The van der Waals surface area contributed by atoms with Crippen LogP contribution in [0.15, 0.2) is 17.5 Å². The van der Waals surface area contributed by atoms with E-state index in [1.165, 1.54) is 11.1 Å². The molecule has 1 aliphatic rings. The van der Waals surface area contributed by atoms with Crippen LogP contribution in [0.1, 0.15) is 43.4 Å². The van der Waals surface area contributed by atoms with Crippen molar-refractivity contribution in [2.45, 2.75) is 49.8 Å². The molecule has 2 rings (SSSR count). The van der Waals surface area contributed by atoms with Crippen LogP contribution in [-0.4, -0.2) is 32.5 Å². The number of sulfone groups is 1. The molecule has 0 amide bonds. The zero-order valence-electron chi connectivity index (χ0n) is 11.6. The lowest BCUT2D eigenvalue weighted by Gasteiger charge is -2.31. The third-order valence-electron chi connectivity index (χ3n) is 3.97. The van der Waals surface area contributed by atoms with Crippen LogP contribution in [0.4, 0.5) is 0 Å². The largest absolute Gasteiger partial charge is 0.312 e. The first-order valence-corrected chi connectivity index (χ1v) is 9.77. The van der Waals surface area contributed by atoms with Gasteiger partial charge in [-0.3, -0.25) is 0 Å². The van der Waals surface area contributed by atoms with Crippen LogP contribution < -0.4 is 5.32 Å². The van der Waals surface area contributed by atoms with E-state index in [4.69, 9.17) is 0 Å². The lowest BCUT2D eigenvalue weighted by molar-refractivity contribution is 0.366. The minimum Gasteiger partial charge on any atom is -0.312 e. The van der Waals surface area contributed by atoms with Crippen molar-refractivity contribution in [2.75, 3.05) is 12.8 Å². The van der Waals surface area contributed by atoms with Crippen LogP contribution in [0.5, 0.6) is 0 Å². The molecule has 3 atom stereocenters. The van der Waals surface area contributed by atoms with Crippen molar-refractivity contribution >= 4 is 21.2 Å². The smallest absolute Gasteiger partial charge is 0.151 e. The fourth-order valence-electron chi connectivity index (χ4n) is 2.84. The molecule has 1 aliphatic carbocycles. The minimum absolute atomic E-state index is 0.131. The van der Waals surface area contributed by atoms with Gasteiger partial charge < -0.3 is 5.32 Å². The van der Waals surface area contributed by atoms with Crippen molar-refractivity contribution in [3.05, 3.63) is 22.4 Å². The molecular weight excluding hydrogens is 278 g/mol. The van der Waals surface area contributed by atoms with Gasteiger partial charge >= 0.3 is 0 Å². The standard InChI is InChI=1S/C14H23NO2S2/c1-11(13-7-5-9-18-13)10-15-12-6-3-4-8-14(12)19(2,16)17/h5,7,9,11-12,14-15H,3-4,6,8,10H2,1-2H3/t11-,12-,14-/m1/s1. The van der Waals surface area contributed by atoms with Gasteiger partial charge in [-0.1, -0.05) is 25.8 Å². The normalized spacial score (nSPS) is 26.2. The van der Waals surface area contributed by atoms with E-state index in [0.29, 0.717) is 5.92 Å². The highest BCUT2D eigenvalue weighted by Gasteiger charge is 2.32. The van der Waals surface area contributed by atoms with Crippen molar-refractivity contribution in [2.24, 2.45) is 0 Å². The Bertz CT molecular complexity index is 482. The molecule has 0 aliphatic heterocycles. The lowest BCUT2D eigenvalue weighted by Crippen LogP contribution is -2.46. The number of nitrogens with one attached hydrogen (secondary N) is 1. The van der Waals surface area contributed by atoms with Gasteiger partial charge in [-0.25, -0.2) is 8.42 Å². The Labute approximate surface area is 120 Å². The maximum Gasteiger partial charge on any atom is 0.151 e. The van der Waals surface area contributed by atoms with Crippen LogP contribution in [0.3, 0.4) is 0 Å². The molecule has 5 heteroatoms. The predicted molar refractivity (Wildman–Crippen MR) is 81.6 cm³/mol. The highest BCUT2D eigenvalue weighted by molar-refractivity contribution is 7.91. The Balaban J connectivity index is 1.93. The van der Waals surface area contributed by atoms with Gasteiger partial charge in [0.1, 0.15) is 0 Å². The monoisotopic (exact) mass is 301 g/mol. The van der Waals surface area contributed by atoms with E-state index >= 15 is 0 Å². The molecule has 1 saturated carbocycles. The average Bonchev–Trinajstić information content (AvgIpc) is 2.89. The van der Waals surface area contributed by atoms with E-state index in [0.717, 1.165) is 32.2 Å². The summed E-state index contributed by atoms with van der Waals surface area (Å²) < 4.78 is 23.7. The van der Waals surface area contributed by atoms with Crippen LogP contribution >= 0.6 is 11.3 Å².